The van der Waals surface area contributed by atoms with Crippen LogP contribution in [-0.4, -0.2) is 27.1 Å². The van der Waals surface area contributed by atoms with Gasteiger partial charge in [-0.3, -0.25) is 0 Å². The number of thioether (sulfide) groups is 1. The van der Waals surface area contributed by atoms with Crippen LogP contribution in [0.4, 0.5) is 0 Å². The summed E-state index contributed by atoms with van der Waals surface area (Å²) in [5.74, 6) is 3.59. The van der Waals surface area contributed by atoms with Crippen LogP contribution in [0, 0.1) is 5.92 Å². The molecule has 0 radical (unpaired) electrons. The van der Waals surface area contributed by atoms with Crippen LogP contribution in [-0.2, 0) is 12.2 Å². The van der Waals surface area contributed by atoms with Gasteiger partial charge in [0.2, 0.25) is 5.89 Å². The molecule has 1 unspecified atom stereocenters. The minimum atomic E-state index is -0.315. The molecule has 0 bridgehead atoms. The third-order valence-corrected chi connectivity index (χ3v) is 4.14. The monoisotopic (exact) mass is 256 g/mol. The van der Waals surface area contributed by atoms with Crippen molar-refractivity contribution in [2.24, 2.45) is 5.92 Å². The molecule has 1 N–H and O–H groups in total. The predicted octanol–water partition coefficient (Wildman–Crippen LogP) is 2.42. The van der Waals surface area contributed by atoms with Crippen molar-refractivity contribution in [2.75, 3.05) is 5.75 Å². The molecule has 2 rings (SSSR count). The van der Waals surface area contributed by atoms with Crippen LogP contribution in [0.3, 0.4) is 0 Å². The Hall–Kier alpha value is -0.550. The predicted molar refractivity (Wildman–Crippen MR) is 67.8 cm³/mol. The Morgan fingerprint density at radius 2 is 2.24 bits per heavy atom. The molecule has 0 spiro atoms. The largest absolute Gasteiger partial charge is 0.392 e. The van der Waals surface area contributed by atoms with E-state index in [-0.39, 0.29) is 6.10 Å². The fraction of sp³-hybridized carbons (Fsp3) is 0.833. The van der Waals surface area contributed by atoms with Crippen molar-refractivity contribution in [1.82, 2.24) is 10.1 Å². The van der Waals surface area contributed by atoms with Crippen molar-refractivity contribution in [3.8, 4) is 0 Å². The molecule has 4 nitrogen and oxygen atoms in total. The smallest absolute Gasteiger partial charge is 0.229 e. The van der Waals surface area contributed by atoms with E-state index in [0.29, 0.717) is 18.2 Å². The van der Waals surface area contributed by atoms with E-state index in [1.165, 1.54) is 12.8 Å². The van der Waals surface area contributed by atoms with Crippen molar-refractivity contribution in [3.63, 3.8) is 0 Å². The summed E-state index contributed by atoms with van der Waals surface area (Å²) < 4.78 is 5.16. The standard InChI is InChI=1S/C12H20N2O2S/c1-2-17-8-11-13-12(16-14-11)7-10(15)9-5-3-4-6-9/h9-10,15H,2-8H2,1H3. The lowest BCUT2D eigenvalue weighted by Crippen LogP contribution is -2.20. The Morgan fingerprint density at radius 1 is 1.47 bits per heavy atom. The Bertz CT molecular complexity index is 337. The first kappa shape index (κ1) is 12.9. The summed E-state index contributed by atoms with van der Waals surface area (Å²) >= 11 is 1.77. The second kappa shape index (κ2) is 6.40. The molecular formula is C12H20N2O2S. The van der Waals surface area contributed by atoms with Gasteiger partial charge in [-0.2, -0.15) is 16.7 Å². The fourth-order valence-electron chi connectivity index (χ4n) is 2.31. The highest BCUT2D eigenvalue weighted by Crippen LogP contribution is 2.28. The summed E-state index contributed by atoms with van der Waals surface area (Å²) in [6.45, 7) is 2.11. The average Bonchev–Trinajstić information content (AvgIpc) is 2.97. The maximum Gasteiger partial charge on any atom is 0.229 e. The van der Waals surface area contributed by atoms with Crippen molar-refractivity contribution in [1.29, 1.82) is 0 Å². The second-order valence-corrected chi connectivity index (χ2v) is 5.83. The van der Waals surface area contributed by atoms with E-state index in [1.807, 2.05) is 0 Å². The van der Waals surface area contributed by atoms with E-state index in [2.05, 4.69) is 17.1 Å². The normalized spacial score (nSPS) is 18.7. The summed E-state index contributed by atoms with van der Waals surface area (Å²) in [5.41, 5.74) is 0. The number of hydrogen-bond donors (Lipinski definition) is 1. The Morgan fingerprint density at radius 3 is 2.94 bits per heavy atom. The number of aromatic nitrogens is 2. The van der Waals surface area contributed by atoms with Gasteiger partial charge in [-0.15, -0.1) is 0 Å². The van der Waals surface area contributed by atoms with Crippen LogP contribution in [0.15, 0.2) is 4.52 Å². The van der Waals surface area contributed by atoms with E-state index in [9.17, 15) is 5.11 Å². The van der Waals surface area contributed by atoms with Crippen LogP contribution in [0.1, 0.15) is 44.3 Å². The molecule has 17 heavy (non-hydrogen) atoms. The third kappa shape index (κ3) is 3.71. The summed E-state index contributed by atoms with van der Waals surface area (Å²) in [4.78, 5) is 4.30. The lowest BCUT2D eigenvalue weighted by molar-refractivity contribution is 0.102. The van der Waals surface area contributed by atoms with E-state index in [0.717, 1.165) is 30.2 Å². The van der Waals surface area contributed by atoms with Crippen LogP contribution in [0.25, 0.3) is 0 Å². The highest BCUT2D eigenvalue weighted by Gasteiger charge is 2.25. The van der Waals surface area contributed by atoms with Gasteiger partial charge in [0, 0.05) is 0 Å². The first-order chi connectivity index (χ1) is 8.29. The van der Waals surface area contributed by atoms with Crippen molar-refractivity contribution >= 4 is 11.8 Å². The molecule has 96 valence electrons. The molecule has 5 heteroatoms. The Labute approximate surface area is 106 Å². The highest BCUT2D eigenvalue weighted by molar-refractivity contribution is 7.98. The first-order valence-electron chi connectivity index (χ1n) is 6.37. The number of aliphatic hydroxyl groups excluding tert-OH is 1. The topological polar surface area (TPSA) is 59.2 Å². The van der Waals surface area contributed by atoms with E-state index in [1.54, 1.807) is 11.8 Å². The third-order valence-electron chi connectivity index (χ3n) is 3.27. The summed E-state index contributed by atoms with van der Waals surface area (Å²) in [7, 11) is 0. The molecular weight excluding hydrogens is 236 g/mol. The van der Waals surface area contributed by atoms with Gasteiger partial charge in [0.05, 0.1) is 18.3 Å². The van der Waals surface area contributed by atoms with Gasteiger partial charge >= 0.3 is 0 Å². The summed E-state index contributed by atoms with van der Waals surface area (Å²) in [6, 6.07) is 0. The minimum Gasteiger partial charge on any atom is -0.392 e. The van der Waals surface area contributed by atoms with Crippen LogP contribution < -0.4 is 0 Å². The van der Waals surface area contributed by atoms with Gasteiger partial charge in [0.15, 0.2) is 5.82 Å². The molecule has 1 heterocycles. The second-order valence-electron chi connectivity index (χ2n) is 4.56. The number of rotatable bonds is 6. The van der Waals surface area contributed by atoms with Gasteiger partial charge < -0.3 is 9.63 Å². The quantitative estimate of drug-likeness (QED) is 0.847. The van der Waals surface area contributed by atoms with Crippen molar-refractivity contribution < 1.29 is 9.63 Å². The maximum absolute atomic E-state index is 10.1. The summed E-state index contributed by atoms with van der Waals surface area (Å²) in [6.07, 6.45) is 4.94. The fourth-order valence-corrected chi connectivity index (χ4v) is 2.82. The zero-order valence-electron chi connectivity index (χ0n) is 10.3. The van der Waals surface area contributed by atoms with E-state index in [4.69, 9.17) is 4.52 Å². The molecule has 1 saturated carbocycles. The van der Waals surface area contributed by atoms with Gasteiger partial charge in [0.25, 0.3) is 0 Å². The van der Waals surface area contributed by atoms with Crippen molar-refractivity contribution in [3.05, 3.63) is 11.7 Å². The minimum absolute atomic E-state index is 0.315. The molecule has 0 amide bonds. The van der Waals surface area contributed by atoms with Gasteiger partial charge in [0.1, 0.15) is 0 Å². The Kier molecular flexibility index (Phi) is 4.86. The molecule has 1 fully saturated rings. The highest BCUT2D eigenvalue weighted by atomic mass is 32.2. The molecule has 1 aromatic heterocycles. The SMILES string of the molecule is CCSCc1noc(CC(O)C2CCCC2)n1. The lowest BCUT2D eigenvalue weighted by atomic mass is 9.98. The molecule has 0 saturated heterocycles. The van der Waals surface area contributed by atoms with Gasteiger partial charge in [-0.25, -0.2) is 0 Å². The number of hydrogen-bond acceptors (Lipinski definition) is 5. The zero-order valence-corrected chi connectivity index (χ0v) is 11.1. The Balaban J connectivity index is 1.83. The van der Waals surface area contributed by atoms with Crippen LogP contribution in [0.2, 0.25) is 0 Å². The van der Waals surface area contributed by atoms with Crippen LogP contribution >= 0.6 is 11.8 Å². The summed E-state index contributed by atoms with van der Waals surface area (Å²) in [5, 5.41) is 14.0. The molecule has 1 aromatic rings. The van der Waals surface area contributed by atoms with Crippen molar-refractivity contribution in [2.45, 2.75) is 50.9 Å². The number of aliphatic hydroxyl groups is 1. The van der Waals surface area contributed by atoms with E-state index < -0.39 is 0 Å². The first-order valence-corrected chi connectivity index (χ1v) is 7.52. The zero-order chi connectivity index (χ0) is 12.1. The molecule has 1 aliphatic carbocycles. The molecule has 0 aromatic carbocycles. The van der Waals surface area contributed by atoms with Gasteiger partial charge in [-0.1, -0.05) is 24.9 Å². The lowest BCUT2D eigenvalue weighted by Gasteiger charge is -2.14. The van der Waals surface area contributed by atoms with E-state index >= 15 is 0 Å². The molecule has 1 aliphatic rings. The van der Waals surface area contributed by atoms with Gasteiger partial charge in [-0.05, 0) is 24.5 Å². The molecule has 0 aliphatic heterocycles. The maximum atomic E-state index is 10.1. The average molecular weight is 256 g/mol. The number of nitrogens with zero attached hydrogens (tertiary/aromatic N) is 2. The molecule has 1 atom stereocenters. The van der Waals surface area contributed by atoms with Crippen LogP contribution in [0.5, 0.6) is 0 Å².